The van der Waals surface area contributed by atoms with Gasteiger partial charge >= 0.3 is 0 Å². The predicted octanol–water partition coefficient (Wildman–Crippen LogP) is 4.06. The second-order valence-corrected chi connectivity index (χ2v) is 4.68. The van der Waals surface area contributed by atoms with Crippen LogP contribution in [0.3, 0.4) is 0 Å². The van der Waals surface area contributed by atoms with E-state index in [2.05, 4.69) is 24.3 Å². The number of rotatable bonds is 4. The van der Waals surface area contributed by atoms with Crippen molar-refractivity contribution in [2.24, 2.45) is 0 Å². The standard InChI is InChI=1S/C17H18O2/c1-3-18-14-5-7-16-12(10-14)9-13-11-15(19-4-2)6-8-17(13)16/h5-8,10-11H,3-4,9H2,1-2H3. The summed E-state index contributed by atoms with van der Waals surface area (Å²) in [5.74, 6) is 1.91. The number of ether oxygens (including phenoxy) is 2. The minimum Gasteiger partial charge on any atom is -0.494 e. The summed E-state index contributed by atoms with van der Waals surface area (Å²) in [6, 6.07) is 12.7. The van der Waals surface area contributed by atoms with Crippen molar-refractivity contribution < 1.29 is 9.47 Å². The Labute approximate surface area is 114 Å². The lowest BCUT2D eigenvalue weighted by molar-refractivity contribution is 0.340. The van der Waals surface area contributed by atoms with Gasteiger partial charge in [0.1, 0.15) is 11.5 Å². The van der Waals surface area contributed by atoms with Gasteiger partial charge in [0.25, 0.3) is 0 Å². The van der Waals surface area contributed by atoms with Gasteiger partial charge in [0.15, 0.2) is 0 Å². The molecule has 0 unspecified atom stereocenters. The van der Waals surface area contributed by atoms with Crippen LogP contribution in [0.15, 0.2) is 36.4 Å². The molecule has 19 heavy (non-hydrogen) atoms. The number of hydrogen-bond donors (Lipinski definition) is 0. The number of benzene rings is 2. The van der Waals surface area contributed by atoms with Crippen LogP contribution in [0.5, 0.6) is 11.5 Å². The van der Waals surface area contributed by atoms with Crippen LogP contribution in [-0.2, 0) is 6.42 Å². The van der Waals surface area contributed by atoms with E-state index < -0.39 is 0 Å². The summed E-state index contributed by atoms with van der Waals surface area (Å²) in [7, 11) is 0. The van der Waals surface area contributed by atoms with Crippen LogP contribution in [0.1, 0.15) is 25.0 Å². The third kappa shape index (κ3) is 2.19. The topological polar surface area (TPSA) is 18.5 Å². The Morgan fingerprint density at radius 1 is 0.789 bits per heavy atom. The normalized spacial score (nSPS) is 11.9. The van der Waals surface area contributed by atoms with Crippen LogP contribution in [0.25, 0.3) is 11.1 Å². The van der Waals surface area contributed by atoms with Gasteiger partial charge in [-0.1, -0.05) is 12.1 Å². The fourth-order valence-electron chi connectivity index (χ4n) is 2.68. The van der Waals surface area contributed by atoms with Crippen molar-refractivity contribution in [1.29, 1.82) is 0 Å². The molecule has 0 spiro atoms. The molecule has 2 aromatic carbocycles. The second-order valence-electron chi connectivity index (χ2n) is 4.68. The summed E-state index contributed by atoms with van der Waals surface area (Å²) < 4.78 is 11.1. The zero-order valence-electron chi connectivity index (χ0n) is 11.4. The monoisotopic (exact) mass is 254 g/mol. The molecule has 2 aromatic rings. The molecule has 1 aliphatic rings. The van der Waals surface area contributed by atoms with Crippen molar-refractivity contribution in [3.8, 4) is 22.6 Å². The molecule has 0 aliphatic heterocycles. The SMILES string of the molecule is CCOc1ccc2c(c1)Cc1cc(OCC)ccc1-2. The highest BCUT2D eigenvalue weighted by Gasteiger charge is 2.19. The Bertz CT molecular complexity index is 549. The predicted molar refractivity (Wildman–Crippen MR) is 77.0 cm³/mol. The molecular formula is C17H18O2. The molecule has 0 radical (unpaired) electrons. The molecule has 0 N–H and O–H groups in total. The first-order valence-corrected chi connectivity index (χ1v) is 6.83. The maximum absolute atomic E-state index is 5.57. The molecule has 0 saturated carbocycles. The average Bonchev–Trinajstić information content (AvgIpc) is 2.76. The lowest BCUT2D eigenvalue weighted by atomic mass is 10.1. The summed E-state index contributed by atoms with van der Waals surface area (Å²) in [6.45, 7) is 5.44. The van der Waals surface area contributed by atoms with Crippen LogP contribution < -0.4 is 9.47 Å². The van der Waals surface area contributed by atoms with Crippen LogP contribution in [0.4, 0.5) is 0 Å². The summed E-state index contributed by atoms with van der Waals surface area (Å²) in [4.78, 5) is 0. The zero-order valence-corrected chi connectivity index (χ0v) is 11.4. The van der Waals surface area contributed by atoms with Crippen LogP contribution >= 0.6 is 0 Å². The fourth-order valence-corrected chi connectivity index (χ4v) is 2.68. The molecule has 0 amide bonds. The van der Waals surface area contributed by atoms with E-state index in [1.165, 1.54) is 22.3 Å². The molecule has 0 aromatic heterocycles. The number of hydrogen-bond acceptors (Lipinski definition) is 2. The Morgan fingerprint density at radius 3 is 1.68 bits per heavy atom. The molecule has 3 rings (SSSR count). The van der Waals surface area contributed by atoms with Gasteiger partial charge in [-0.2, -0.15) is 0 Å². The summed E-state index contributed by atoms with van der Waals surface area (Å²) in [5, 5.41) is 0. The van der Waals surface area contributed by atoms with Gasteiger partial charge < -0.3 is 9.47 Å². The van der Waals surface area contributed by atoms with Gasteiger partial charge in [-0.15, -0.1) is 0 Å². The van der Waals surface area contributed by atoms with Gasteiger partial charge in [0.2, 0.25) is 0 Å². The first kappa shape index (κ1) is 12.1. The van der Waals surface area contributed by atoms with Crippen LogP contribution in [0, 0.1) is 0 Å². The van der Waals surface area contributed by atoms with E-state index in [1.54, 1.807) is 0 Å². The van der Waals surface area contributed by atoms with E-state index in [-0.39, 0.29) is 0 Å². The maximum Gasteiger partial charge on any atom is 0.119 e. The number of fused-ring (bicyclic) bond motifs is 3. The summed E-state index contributed by atoms with van der Waals surface area (Å²) in [5.41, 5.74) is 5.33. The average molecular weight is 254 g/mol. The molecule has 0 atom stereocenters. The van der Waals surface area contributed by atoms with Gasteiger partial charge in [-0.25, -0.2) is 0 Å². The Kier molecular flexibility index (Phi) is 3.16. The first-order chi connectivity index (χ1) is 9.31. The Balaban J connectivity index is 1.96. The lowest BCUT2D eigenvalue weighted by Gasteiger charge is -2.06. The highest BCUT2D eigenvalue weighted by molar-refractivity contribution is 5.78. The molecule has 1 aliphatic carbocycles. The lowest BCUT2D eigenvalue weighted by Crippen LogP contribution is -1.92. The third-order valence-corrected chi connectivity index (χ3v) is 3.45. The van der Waals surface area contributed by atoms with E-state index in [9.17, 15) is 0 Å². The van der Waals surface area contributed by atoms with E-state index in [0.717, 1.165) is 17.9 Å². The quantitative estimate of drug-likeness (QED) is 0.699. The highest BCUT2D eigenvalue weighted by Crippen LogP contribution is 2.39. The molecule has 0 heterocycles. The van der Waals surface area contributed by atoms with Crippen molar-refractivity contribution >= 4 is 0 Å². The van der Waals surface area contributed by atoms with Crippen molar-refractivity contribution in [2.45, 2.75) is 20.3 Å². The maximum atomic E-state index is 5.57. The fraction of sp³-hybridized carbons (Fsp3) is 0.294. The minimum absolute atomic E-state index is 0.709. The second kappa shape index (κ2) is 4.96. The van der Waals surface area contributed by atoms with Crippen LogP contribution in [-0.4, -0.2) is 13.2 Å². The van der Waals surface area contributed by atoms with Crippen LogP contribution in [0.2, 0.25) is 0 Å². The van der Waals surface area contributed by atoms with Gasteiger partial charge in [-0.05, 0) is 66.8 Å². The first-order valence-electron chi connectivity index (χ1n) is 6.83. The van der Waals surface area contributed by atoms with Gasteiger partial charge in [0, 0.05) is 0 Å². The molecule has 0 bridgehead atoms. The van der Waals surface area contributed by atoms with E-state index >= 15 is 0 Å². The summed E-state index contributed by atoms with van der Waals surface area (Å²) >= 11 is 0. The molecule has 98 valence electrons. The van der Waals surface area contributed by atoms with E-state index in [1.807, 2.05) is 26.0 Å². The van der Waals surface area contributed by atoms with Crippen molar-refractivity contribution in [3.63, 3.8) is 0 Å². The van der Waals surface area contributed by atoms with E-state index in [4.69, 9.17) is 9.47 Å². The van der Waals surface area contributed by atoms with Crippen molar-refractivity contribution in [3.05, 3.63) is 47.5 Å². The molecular weight excluding hydrogens is 236 g/mol. The van der Waals surface area contributed by atoms with E-state index in [0.29, 0.717) is 13.2 Å². The van der Waals surface area contributed by atoms with Gasteiger partial charge in [-0.3, -0.25) is 0 Å². The smallest absolute Gasteiger partial charge is 0.119 e. The third-order valence-electron chi connectivity index (χ3n) is 3.45. The molecule has 0 fully saturated rings. The Morgan fingerprint density at radius 2 is 1.26 bits per heavy atom. The minimum atomic E-state index is 0.709. The van der Waals surface area contributed by atoms with Crippen molar-refractivity contribution in [2.75, 3.05) is 13.2 Å². The molecule has 2 nitrogen and oxygen atoms in total. The Hall–Kier alpha value is -1.96. The molecule has 2 heteroatoms. The highest BCUT2D eigenvalue weighted by atomic mass is 16.5. The van der Waals surface area contributed by atoms with Gasteiger partial charge in [0.05, 0.1) is 13.2 Å². The zero-order chi connectivity index (χ0) is 13.2. The molecule has 0 saturated heterocycles. The largest absolute Gasteiger partial charge is 0.494 e. The summed E-state index contributed by atoms with van der Waals surface area (Å²) in [6.07, 6.45) is 0.965. The van der Waals surface area contributed by atoms with Crippen molar-refractivity contribution in [1.82, 2.24) is 0 Å².